The van der Waals surface area contributed by atoms with Gasteiger partial charge in [0, 0.05) is 22.3 Å². The molecule has 0 spiro atoms. The summed E-state index contributed by atoms with van der Waals surface area (Å²) in [6.07, 6.45) is 0.105. The highest BCUT2D eigenvalue weighted by molar-refractivity contribution is 7.98. The number of nitrogens with one attached hydrogen (secondary N) is 1. The molecule has 0 bridgehead atoms. The van der Waals surface area contributed by atoms with Gasteiger partial charge in [-0.3, -0.25) is 4.79 Å². The molecule has 5 nitrogen and oxygen atoms in total. The number of aromatic nitrogens is 1. The Kier molecular flexibility index (Phi) is 7.38. The van der Waals surface area contributed by atoms with E-state index in [9.17, 15) is 4.79 Å². The first-order chi connectivity index (χ1) is 16.4. The van der Waals surface area contributed by atoms with Crippen LogP contribution >= 0.6 is 11.8 Å². The Labute approximate surface area is 204 Å². The predicted octanol–water partition coefficient (Wildman–Crippen LogP) is 7.29. The number of amides is 1. The third-order valence-corrected chi connectivity index (χ3v) is 6.21. The molecule has 1 amide bonds. The summed E-state index contributed by atoms with van der Waals surface area (Å²) in [6.45, 7) is 8.18. The molecule has 1 N–H and O–H groups in total. The van der Waals surface area contributed by atoms with E-state index in [1.165, 1.54) is 16.7 Å². The molecule has 34 heavy (non-hydrogen) atoms. The van der Waals surface area contributed by atoms with E-state index in [0.29, 0.717) is 5.76 Å². The molecule has 0 radical (unpaired) electrons. The normalized spacial score (nSPS) is 11.0. The van der Waals surface area contributed by atoms with Gasteiger partial charge in [0.1, 0.15) is 5.75 Å². The number of hydrogen-bond acceptors (Lipinski definition) is 5. The fraction of sp³-hybridized carbons (Fsp3) is 0.214. The molecule has 0 saturated carbocycles. The number of benzene rings is 3. The molecule has 4 rings (SSSR count). The van der Waals surface area contributed by atoms with E-state index < -0.39 is 0 Å². The van der Waals surface area contributed by atoms with Crippen molar-refractivity contribution in [3.05, 3.63) is 95.2 Å². The van der Waals surface area contributed by atoms with Crippen molar-refractivity contribution in [3.63, 3.8) is 0 Å². The zero-order valence-electron chi connectivity index (χ0n) is 19.8. The van der Waals surface area contributed by atoms with Crippen molar-refractivity contribution >= 4 is 23.4 Å². The van der Waals surface area contributed by atoms with Gasteiger partial charge in [0.05, 0.1) is 11.8 Å². The number of aryl methyl sites for hydroxylation is 2. The molecule has 3 aromatic carbocycles. The van der Waals surface area contributed by atoms with Crippen LogP contribution in [0.4, 0.5) is 5.69 Å². The SMILES string of the molecule is Cc1cc(C)cc(CSc2ccccc2NC(=O)c2cc(-c3ccc(OC(C)C)cc3)on2)c1. The molecule has 0 aliphatic rings. The zero-order chi connectivity index (χ0) is 24.1. The van der Waals surface area contributed by atoms with E-state index >= 15 is 0 Å². The van der Waals surface area contributed by atoms with Crippen LogP contribution in [-0.4, -0.2) is 17.2 Å². The molecule has 0 unspecified atom stereocenters. The Morgan fingerprint density at radius 2 is 1.71 bits per heavy atom. The van der Waals surface area contributed by atoms with Gasteiger partial charge in [0.2, 0.25) is 0 Å². The first kappa shape index (κ1) is 23.6. The molecule has 0 aliphatic carbocycles. The van der Waals surface area contributed by atoms with Crippen LogP contribution in [0.15, 0.2) is 82.2 Å². The average Bonchev–Trinajstić information content (AvgIpc) is 3.28. The second-order valence-electron chi connectivity index (χ2n) is 8.50. The predicted molar refractivity (Wildman–Crippen MR) is 138 cm³/mol. The number of anilines is 1. The number of thioether (sulfide) groups is 1. The van der Waals surface area contributed by atoms with Crippen molar-refractivity contribution < 1.29 is 14.1 Å². The van der Waals surface area contributed by atoms with Crippen molar-refractivity contribution in [1.29, 1.82) is 0 Å². The van der Waals surface area contributed by atoms with Crippen LogP contribution in [0.25, 0.3) is 11.3 Å². The van der Waals surface area contributed by atoms with Gasteiger partial charge >= 0.3 is 0 Å². The maximum atomic E-state index is 12.9. The van der Waals surface area contributed by atoms with Crippen LogP contribution in [-0.2, 0) is 5.75 Å². The third-order valence-electron chi connectivity index (χ3n) is 5.06. The van der Waals surface area contributed by atoms with Crippen molar-refractivity contribution in [3.8, 4) is 17.1 Å². The molecule has 0 atom stereocenters. The minimum atomic E-state index is -0.311. The Morgan fingerprint density at radius 1 is 1.00 bits per heavy atom. The maximum absolute atomic E-state index is 12.9. The van der Waals surface area contributed by atoms with Crippen LogP contribution in [0.1, 0.15) is 41.0 Å². The molecule has 6 heteroatoms. The van der Waals surface area contributed by atoms with Crippen molar-refractivity contribution in [2.45, 2.75) is 44.4 Å². The number of ether oxygens (including phenoxy) is 1. The van der Waals surface area contributed by atoms with Gasteiger partial charge in [-0.05, 0) is 69.7 Å². The number of carbonyl (C=O) groups is 1. The summed E-state index contributed by atoms with van der Waals surface area (Å²) >= 11 is 1.69. The summed E-state index contributed by atoms with van der Waals surface area (Å²) in [5.74, 6) is 1.82. The lowest BCUT2D eigenvalue weighted by Gasteiger charge is -2.10. The Bertz CT molecular complexity index is 1260. The van der Waals surface area contributed by atoms with Crippen molar-refractivity contribution in [2.75, 3.05) is 5.32 Å². The smallest absolute Gasteiger partial charge is 0.277 e. The summed E-state index contributed by atoms with van der Waals surface area (Å²) in [5.41, 5.74) is 5.57. The topological polar surface area (TPSA) is 64.4 Å². The molecule has 1 aromatic heterocycles. The molecule has 0 aliphatic heterocycles. The molecule has 174 valence electrons. The lowest BCUT2D eigenvalue weighted by Crippen LogP contribution is -2.12. The van der Waals surface area contributed by atoms with Gasteiger partial charge < -0.3 is 14.6 Å². The van der Waals surface area contributed by atoms with Crippen molar-refractivity contribution in [2.24, 2.45) is 0 Å². The van der Waals surface area contributed by atoms with Crippen LogP contribution in [0, 0.1) is 13.8 Å². The lowest BCUT2D eigenvalue weighted by molar-refractivity contribution is 0.101. The fourth-order valence-electron chi connectivity index (χ4n) is 3.68. The molecule has 0 fully saturated rings. The van der Waals surface area contributed by atoms with E-state index in [2.05, 4.69) is 42.5 Å². The summed E-state index contributed by atoms with van der Waals surface area (Å²) in [4.78, 5) is 13.9. The van der Waals surface area contributed by atoms with Crippen LogP contribution in [0.5, 0.6) is 5.75 Å². The number of para-hydroxylation sites is 1. The van der Waals surface area contributed by atoms with Crippen LogP contribution in [0.2, 0.25) is 0 Å². The maximum Gasteiger partial charge on any atom is 0.277 e. The number of nitrogens with zero attached hydrogens (tertiary/aromatic N) is 1. The monoisotopic (exact) mass is 472 g/mol. The van der Waals surface area contributed by atoms with Gasteiger partial charge in [0.15, 0.2) is 11.5 Å². The molecular formula is C28H28N2O3S. The average molecular weight is 473 g/mol. The lowest BCUT2D eigenvalue weighted by atomic mass is 10.1. The highest BCUT2D eigenvalue weighted by atomic mass is 32.2. The molecule has 0 saturated heterocycles. The third kappa shape index (κ3) is 6.08. The van der Waals surface area contributed by atoms with Crippen molar-refractivity contribution in [1.82, 2.24) is 5.16 Å². The van der Waals surface area contributed by atoms with E-state index in [1.54, 1.807) is 17.8 Å². The van der Waals surface area contributed by atoms with Gasteiger partial charge in [0.25, 0.3) is 5.91 Å². The summed E-state index contributed by atoms with van der Waals surface area (Å²) in [7, 11) is 0. The van der Waals surface area contributed by atoms with Crippen LogP contribution in [0.3, 0.4) is 0 Å². The number of rotatable bonds is 8. The van der Waals surface area contributed by atoms with Gasteiger partial charge in [-0.25, -0.2) is 0 Å². The Morgan fingerprint density at radius 3 is 2.41 bits per heavy atom. The first-order valence-electron chi connectivity index (χ1n) is 11.2. The highest BCUT2D eigenvalue weighted by Gasteiger charge is 2.16. The number of hydrogen-bond donors (Lipinski definition) is 1. The van der Waals surface area contributed by atoms with E-state index in [1.807, 2.05) is 62.4 Å². The second-order valence-corrected chi connectivity index (χ2v) is 9.52. The second kappa shape index (κ2) is 10.6. The quantitative estimate of drug-likeness (QED) is 0.273. The number of carbonyl (C=O) groups excluding carboxylic acids is 1. The van der Waals surface area contributed by atoms with Gasteiger partial charge in [-0.2, -0.15) is 0 Å². The minimum absolute atomic E-state index is 0.105. The Hall–Kier alpha value is -3.51. The zero-order valence-corrected chi connectivity index (χ0v) is 20.6. The first-order valence-corrected chi connectivity index (χ1v) is 12.2. The molecule has 4 aromatic rings. The largest absolute Gasteiger partial charge is 0.491 e. The Balaban J connectivity index is 1.44. The van der Waals surface area contributed by atoms with Crippen LogP contribution < -0.4 is 10.1 Å². The van der Waals surface area contributed by atoms with Gasteiger partial charge in [-0.1, -0.05) is 46.6 Å². The molecule has 1 heterocycles. The van der Waals surface area contributed by atoms with Gasteiger partial charge in [-0.15, -0.1) is 11.8 Å². The summed E-state index contributed by atoms with van der Waals surface area (Å²) in [6, 6.07) is 23.5. The van der Waals surface area contributed by atoms with E-state index in [-0.39, 0.29) is 17.7 Å². The highest BCUT2D eigenvalue weighted by Crippen LogP contribution is 2.31. The standard InChI is InChI=1S/C28H28N2O3S/c1-18(2)32-23-11-9-22(10-12-23)26-16-25(30-33-26)28(31)29-24-7-5-6-8-27(24)34-17-21-14-19(3)13-20(4)15-21/h5-16,18H,17H2,1-4H3,(H,29,31). The summed E-state index contributed by atoms with van der Waals surface area (Å²) < 4.78 is 11.1. The van der Waals surface area contributed by atoms with E-state index in [4.69, 9.17) is 9.26 Å². The molecular weight excluding hydrogens is 444 g/mol. The fourth-order valence-corrected chi connectivity index (χ4v) is 4.62. The minimum Gasteiger partial charge on any atom is -0.491 e. The van der Waals surface area contributed by atoms with E-state index in [0.717, 1.165) is 27.6 Å². The summed E-state index contributed by atoms with van der Waals surface area (Å²) in [5, 5.41) is 6.96.